The third-order valence-electron chi connectivity index (χ3n) is 3.49. The highest BCUT2D eigenvalue weighted by Crippen LogP contribution is 2.17. The molecule has 0 saturated heterocycles. The molecule has 3 rings (SSSR count). The minimum Gasteiger partial charge on any atom is -0.497 e. The number of ether oxygens (including phenoxy) is 2. The smallest absolute Gasteiger partial charge is 0.229 e. The predicted molar refractivity (Wildman–Crippen MR) is 98.7 cm³/mol. The Balaban J connectivity index is 1.48. The Hall–Kier alpha value is -3.35. The fraction of sp³-hybridized carbons (Fsp3) is 0.158. The molecule has 0 bridgehead atoms. The van der Waals surface area contributed by atoms with Gasteiger partial charge in [0, 0.05) is 11.9 Å². The summed E-state index contributed by atoms with van der Waals surface area (Å²) in [6.45, 7) is 1.07. The van der Waals surface area contributed by atoms with E-state index in [1.807, 2.05) is 24.3 Å². The maximum absolute atomic E-state index is 12.9. The second kappa shape index (κ2) is 8.66. The summed E-state index contributed by atoms with van der Waals surface area (Å²) in [6, 6.07) is 15.2. The van der Waals surface area contributed by atoms with Gasteiger partial charge in [-0.15, -0.1) is 0 Å². The maximum Gasteiger partial charge on any atom is 0.229 e. The monoisotopic (exact) mass is 354 g/mol. The average Bonchev–Trinajstić information content (AvgIpc) is 2.68. The van der Waals surface area contributed by atoms with Crippen LogP contribution in [0.15, 0.2) is 60.8 Å². The number of nitrogens with one attached hydrogen (secondary N) is 2. The van der Waals surface area contributed by atoms with Crippen molar-refractivity contribution in [1.29, 1.82) is 0 Å². The van der Waals surface area contributed by atoms with E-state index in [1.165, 1.54) is 12.1 Å². The van der Waals surface area contributed by atoms with Gasteiger partial charge in [-0.3, -0.25) is 0 Å². The Labute approximate surface area is 151 Å². The molecule has 2 aromatic carbocycles. The Bertz CT molecular complexity index is 826. The normalized spacial score (nSPS) is 10.2. The van der Waals surface area contributed by atoms with Crippen LogP contribution in [0.3, 0.4) is 0 Å². The summed E-state index contributed by atoms with van der Waals surface area (Å²) in [6.07, 6.45) is 1.64. The second-order valence-corrected chi connectivity index (χ2v) is 5.35. The van der Waals surface area contributed by atoms with E-state index >= 15 is 0 Å². The third-order valence-corrected chi connectivity index (χ3v) is 3.49. The zero-order chi connectivity index (χ0) is 18.2. The topological polar surface area (TPSA) is 68.3 Å². The van der Waals surface area contributed by atoms with Crippen LogP contribution in [0.4, 0.5) is 21.8 Å². The lowest BCUT2D eigenvalue weighted by atomic mass is 10.3. The van der Waals surface area contributed by atoms with E-state index in [0.717, 1.165) is 11.5 Å². The van der Waals surface area contributed by atoms with E-state index in [0.29, 0.717) is 30.6 Å². The molecule has 0 unspecified atom stereocenters. The molecule has 0 aliphatic rings. The minimum atomic E-state index is -0.288. The van der Waals surface area contributed by atoms with Crippen molar-refractivity contribution in [3.63, 3.8) is 0 Å². The summed E-state index contributed by atoms with van der Waals surface area (Å²) in [5.74, 6) is 2.37. The van der Waals surface area contributed by atoms with Crippen LogP contribution in [0.5, 0.6) is 11.5 Å². The van der Waals surface area contributed by atoms with Crippen LogP contribution in [0, 0.1) is 5.82 Å². The molecule has 0 aliphatic heterocycles. The first-order chi connectivity index (χ1) is 12.7. The summed E-state index contributed by atoms with van der Waals surface area (Å²) >= 11 is 0. The molecule has 0 amide bonds. The number of methoxy groups -OCH3 is 1. The molecular weight excluding hydrogens is 335 g/mol. The first-order valence-electron chi connectivity index (χ1n) is 8.09. The molecule has 0 spiro atoms. The molecule has 0 radical (unpaired) electrons. The number of aromatic nitrogens is 2. The molecule has 0 fully saturated rings. The van der Waals surface area contributed by atoms with Gasteiger partial charge in [0.15, 0.2) is 0 Å². The SMILES string of the molecule is COc1ccc(OCCNc2ccnc(Nc3ccc(F)cc3)n2)cc1. The average molecular weight is 354 g/mol. The summed E-state index contributed by atoms with van der Waals surface area (Å²) in [5, 5.41) is 6.20. The summed E-state index contributed by atoms with van der Waals surface area (Å²) in [4.78, 5) is 8.51. The van der Waals surface area contributed by atoms with Crippen molar-refractivity contribution in [2.45, 2.75) is 0 Å². The van der Waals surface area contributed by atoms with Crippen LogP contribution in [0.2, 0.25) is 0 Å². The molecule has 3 aromatic rings. The fourth-order valence-corrected chi connectivity index (χ4v) is 2.20. The Morgan fingerprint density at radius 3 is 2.42 bits per heavy atom. The maximum atomic E-state index is 12.9. The largest absolute Gasteiger partial charge is 0.497 e. The van der Waals surface area contributed by atoms with Crippen LogP contribution in [-0.4, -0.2) is 30.2 Å². The van der Waals surface area contributed by atoms with Crippen molar-refractivity contribution < 1.29 is 13.9 Å². The highest BCUT2D eigenvalue weighted by Gasteiger charge is 2.01. The molecule has 1 heterocycles. The number of benzene rings is 2. The Morgan fingerprint density at radius 1 is 0.962 bits per heavy atom. The van der Waals surface area contributed by atoms with Gasteiger partial charge < -0.3 is 20.1 Å². The highest BCUT2D eigenvalue weighted by atomic mass is 19.1. The van der Waals surface area contributed by atoms with Gasteiger partial charge in [-0.1, -0.05) is 0 Å². The van der Waals surface area contributed by atoms with Crippen LogP contribution in [0.25, 0.3) is 0 Å². The standard InChI is InChI=1S/C19H19FN4O2/c1-25-16-6-8-17(9-7-16)26-13-12-21-18-10-11-22-19(24-18)23-15-4-2-14(20)3-5-15/h2-11H,12-13H2,1H3,(H2,21,22,23,24). The molecule has 0 saturated carbocycles. The van der Waals surface area contributed by atoms with Crippen molar-refractivity contribution in [2.24, 2.45) is 0 Å². The minimum absolute atomic E-state index is 0.288. The van der Waals surface area contributed by atoms with E-state index in [-0.39, 0.29) is 5.82 Å². The number of anilines is 3. The van der Waals surface area contributed by atoms with Crippen LogP contribution < -0.4 is 20.1 Å². The molecule has 1 aromatic heterocycles. The Kier molecular flexibility index (Phi) is 5.82. The van der Waals surface area contributed by atoms with Gasteiger partial charge in [-0.05, 0) is 54.6 Å². The number of hydrogen-bond acceptors (Lipinski definition) is 6. The van der Waals surface area contributed by atoms with E-state index in [2.05, 4.69) is 20.6 Å². The van der Waals surface area contributed by atoms with Gasteiger partial charge >= 0.3 is 0 Å². The summed E-state index contributed by atoms with van der Waals surface area (Å²) in [7, 11) is 1.63. The number of nitrogens with zero attached hydrogens (tertiary/aromatic N) is 2. The molecule has 26 heavy (non-hydrogen) atoms. The lowest BCUT2D eigenvalue weighted by molar-refractivity contribution is 0.331. The van der Waals surface area contributed by atoms with Gasteiger partial charge in [0.25, 0.3) is 0 Å². The van der Waals surface area contributed by atoms with Crippen LogP contribution >= 0.6 is 0 Å². The lowest BCUT2D eigenvalue weighted by Gasteiger charge is -2.10. The van der Waals surface area contributed by atoms with E-state index in [9.17, 15) is 4.39 Å². The summed E-state index contributed by atoms with van der Waals surface area (Å²) in [5.41, 5.74) is 0.714. The van der Waals surface area contributed by atoms with E-state index in [4.69, 9.17) is 9.47 Å². The third kappa shape index (κ3) is 5.07. The van der Waals surface area contributed by atoms with Crippen molar-refractivity contribution in [3.8, 4) is 11.5 Å². The molecule has 0 atom stereocenters. The second-order valence-electron chi connectivity index (χ2n) is 5.35. The number of halogens is 1. The van der Waals surface area contributed by atoms with Crippen molar-refractivity contribution in [2.75, 3.05) is 30.9 Å². The summed E-state index contributed by atoms with van der Waals surface area (Å²) < 4.78 is 23.7. The van der Waals surface area contributed by atoms with Gasteiger partial charge in [-0.2, -0.15) is 4.98 Å². The van der Waals surface area contributed by atoms with Crippen LogP contribution in [-0.2, 0) is 0 Å². The molecule has 2 N–H and O–H groups in total. The molecule has 6 nitrogen and oxygen atoms in total. The van der Waals surface area contributed by atoms with Crippen molar-refractivity contribution in [1.82, 2.24) is 9.97 Å². The van der Waals surface area contributed by atoms with Crippen molar-refractivity contribution in [3.05, 3.63) is 66.6 Å². The van der Waals surface area contributed by atoms with Crippen LogP contribution in [0.1, 0.15) is 0 Å². The molecule has 0 aliphatic carbocycles. The quantitative estimate of drug-likeness (QED) is 0.599. The predicted octanol–water partition coefficient (Wildman–Crippen LogP) is 3.86. The molecule has 7 heteroatoms. The zero-order valence-electron chi connectivity index (χ0n) is 14.3. The van der Waals surface area contributed by atoms with Gasteiger partial charge in [0.2, 0.25) is 5.95 Å². The Morgan fingerprint density at radius 2 is 1.69 bits per heavy atom. The van der Waals surface area contributed by atoms with Gasteiger partial charge in [0.1, 0.15) is 29.7 Å². The van der Waals surface area contributed by atoms with Gasteiger partial charge in [0.05, 0.1) is 13.7 Å². The number of rotatable bonds is 8. The molecular formula is C19H19FN4O2. The first-order valence-corrected chi connectivity index (χ1v) is 8.09. The number of hydrogen-bond donors (Lipinski definition) is 2. The first kappa shape index (κ1) is 17.5. The van der Waals surface area contributed by atoms with Gasteiger partial charge in [-0.25, -0.2) is 9.37 Å². The fourth-order valence-electron chi connectivity index (χ4n) is 2.20. The zero-order valence-corrected chi connectivity index (χ0v) is 14.3. The van der Waals surface area contributed by atoms with Crippen molar-refractivity contribution >= 4 is 17.5 Å². The molecule has 134 valence electrons. The van der Waals surface area contributed by atoms with E-state index in [1.54, 1.807) is 31.5 Å². The highest BCUT2D eigenvalue weighted by molar-refractivity contribution is 5.54. The lowest BCUT2D eigenvalue weighted by Crippen LogP contribution is -2.13. The van der Waals surface area contributed by atoms with E-state index < -0.39 is 0 Å².